The van der Waals surface area contributed by atoms with Gasteiger partial charge < -0.3 is 19.3 Å². The zero-order chi connectivity index (χ0) is 19.2. The van der Waals surface area contributed by atoms with Crippen molar-refractivity contribution in [2.24, 2.45) is 0 Å². The molecular formula is C19H18ClN3O4. The van der Waals surface area contributed by atoms with Crippen LogP contribution in [0.1, 0.15) is 12.8 Å². The Morgan fingerprint density at radius 1 is 1.19 bits per heavy atom. The van der Waals surface area contributed by atoms with Crippen molar-refractivity contribution < 1.29 is 18.8 Å². The van der Waals surface area contributed by atoms with Gasteiger partial charge in [-0.15, -0.1) is 0 Å². The smallest absolute Gasteiger partial charge is 0.261 e. The molecule has 0 spiro atoms. The zero-order valence-corrected chi connectivity index (χ0v) is 15.6. The van der Waals surface area contributed by atoms with Crippen LogP contribution in [0.2, 0.25) is 5.02 Å². The van der Waals surface area contributed by atoms with Gasteiger partial charge in [0.15, 0.2) is 17.6 Å². The molecule has 7 nitrogen and oxygen atoms in total. The van der Waals surface area contributed by atoms with Crippen LogP contribution in [0.25, 0.3) is 11.4 Å². The predicted octanol–water partition coefficient (Wildman–Crippen LogP) is 3.48. The monoisotopic (exact) mass is 387 g/mol. The number of amides is 1. The summed E-state index contributed by atoms with van der Waals surface area (Å²) in [6.45, 7) is 1.74. The van der Waals surface area contributed by atoms with E-state index in [1.807, 2.05) is 6.07 Å². The van der Waals surface area contributed by atoms with Crippen molar-refractivity contribution in [2.75, 3.05) is 7.11 Å². The first-order valence-electron chi connectivity index (χ1n) is 8.22. The highest BCUT2D eigenvalue weighted by Crippen LogP contribution is 2.26. The Hall–Kier alpha value is -3.06. The fourth-order valence-corrected chi connectivity index (χ4v) is 2.44. The quantitative estimate of drug-likeness (QED) is 0.667. The molecule has 0 aliphatic heterocycles. The third kappa shape index (κ3) is 4.77. The summed E-state index contributed by atoms with van der Waals surface area (Å²) in [6, 6.07) is 14.2. The molecule has 2 aromatic carbocycles. The minimum absolute atomic E-state index is 0.0963. The standard InChI is InChI=1S/C19H18ClN3O4/c1-12(26-16-6-4-3-5-15(16)25-2)19(24)21-11-17-22-18(23-27-17)13-7-9-14(20)10-8-13/h3-10,12H,11H2,1-2H3,(H,21,24)/t12-/m1/s1. The van der Waals surface area contributed by atoms with Gasteiger partial charge in [-0.25, -0.2) is 0 Å². The van der Waals surface area contributed by atoms with Crippen LogP contribution in [0, 0.1) is 0 Å². The number of benzene rings is 2. The summed E-state index contributed by atoms with van der Waals surface area (Å²) >= 11 is 5.86. The van der Waals surface area contributed by atoms with Crippen LogP contribution < -0.4 is 14.8 Å². The Labute approximate surface area is 161 Å². The van der Waals surface area contributed by atoms with Crippen LogP contribution in [0.15, 0.2) is 53.1 Å². The second-order valence-corrected chi connectivity index (χ2v) is 6.08. The number of aromatic nitrogens is 2. The fraction of sp³-hybridized carbons (Fsp3) is 0.211. The maximum absolute atomic E-state index is 12.3. The van der Waals surface area contributed by atoms with Gasteiger partial charge in [0.25, 0.3) is 5.91 Å². The number of rotatable bonds is 7. The van der Waals surface area contributed by atoms with Gasteiger partial charge in [0.05, 0.1) is 13.7 Å². The molecule has 0 saturated carbocycles. The van der Waals surface area contributed by atoms with E-state index < -0.39 is 6.10 Å². The van der Waals surface area contributed by atoms with Gasteiger partial charge in [0.2, 0.25) is 11.7 Å². The average Bonchev–Trinajstić information content (AvgIpc) is 3.16. The SMILES string of the molecule is COc1ccccc1O[C@H](C)C(=O)NCc1nc(-c2ccc(Cl)cc2)no1. The average molecular weight is 388 g/mol. The van der Waals surface area contributed by atoms with Gasteiger partial charge in [-0.1, -0.05) is 28.9 Å². The first-order valence-corrected chi connectivity index (χ1v) is 8.60. The molecule has 0 aliphatic carbocycles. The molecule has 0 bridgehead atoms. The van der Waals surface area contributed by atoms with E-state index in [9.17, 15) is 4.79 Å². The number of para-hydroxylation sites is 2. The van der Waals surface area contributed by atoms with Gasteiger partial charge in [-0.3, -0.25) is 4.79 Å². The molecule has 1 heterocycles. The number of hydrogen-bond acceptors (Lipinski definition) is 6. The molecule has 1 N–H and O–H groups in total. The maximum atomic E-state index is 12.3. The number of methoxy groups -OCH3 is 1. The van der Waals surface area contributed by atoms with Crippen molar-refractivity contribution in [3.05, 3.63) is 59.4 Å². The minimum Gasteiger partial charge on any atom is -0.493 e. The molecule has 27 heavy (non-hydrogen) atoms. The molecular weight excluding hydrogens is 370 g/mol. The molecule has 1 aromatic heterocycles. The third-order valence-electron chi connectivity index (χ3n) is 3.73. The van der Waals surface area contributed by atoms with E-state index in [2.05, 4.69) is 15.5 Å². The lowest BCUT2D eigenvalue weighted by molar-refractivity contribution is -0.127. The number of halogens is 1. The number of ether oxygens (including phenoxy) is 2. The van der Waals surface area contributed by atoms with Crippen LogP contribution in [-0.4, -0.2) is 29.3 Å². The first kappa shape index (κ1) is 18.7. The van der Waals surface area contributed by atoms with Crippen molar-refractivity contribution in [2.45, 2.75) is 19.6 Å². The number of carbonyl (C=O) groups excluding carboxylic acids is 1. The molecule has 0 fully saturated rings. The normalized spacial score (nSPS) is 11.7. The van der Waals surface area contributed by atoms with Crippen molar-refractivity contribution in [3.63, 3.8) is 0 Å². The lowest BCUT2D eigenvalue weighted by Gasteiger charge is -2.16. The summed E-state index contributed by atoms with van der Waals surface area (Å²) in [5, 5.41) is 7.23. The molecule has 0 saturated heterocycles. The van der Waals surface area contributed by atoms with Crippen LogP contribution in [0.3, 0.4) is 0 Å². The summed E-state index contributed by atoms with van der Waals surface area (Å²) in [5.74, 6) is 1.45. The fourth-order valence-electron chi connectivity index (χ4n) is 2.31. The molecule has 1 amide bonds. The second kappa shape index (κ2) is 8.55. The van der Waals surface area contributed by atoms with E-state index in [-0.39, 0.29) is 18.3 Å². The number of hydrogen-bond donors (Lipinski definition) is 1. The van der Waals surface area contributed by atoms with E-state index in [0.29, 0.717) is 22.3 Å². The highest BCUT2D eigenvalue weighted by molar-refractivity contribution is 6.30. The predicted molar refractivity (Wildman–Crippen MR) is 99.7 cm³/mol. The molecule has 0 unspecified atom stereocenters. The van der Waals surface area contributed by atoms with Gasteiger partial charge in [-0.05, 0) is 43.3 Å². The Balaban J connectivity index is 1.56. The van der Waals surface area contributed by atoms with Gasteiger partial charge in [0, 0.05) is 10.6 Å². The van der Waals surface area contributed by atoms with E-state index in [4.69, 9.17) is 25.6 Å². The van der Waals surface area contributed by atoms with Crippen molar-refractivity contribution in [3.8, 4) is 22.9 Å². The zero-order valence-electron chi connectivity index (χ0n) is 14.8. The number of carbonyl (C=O) groups is 1. The van der Waals surface area contributed by atoms with Crippen LogP contribution in [-0.2, 0) is 11.3 Å². The topological polar surface area (TPSA) is 86.5 Å². The van der Waals surface area contributed by atoms with Gasteiger partial charge in [0.1, 0.15) is 0 Å². The molecule has 8 heteroatoms. The summed E-state index contributed by atoms with van der Waals surface area (Å²) in [6.07, 6.45) is -0.722. The third-order valence-corrected chi connectivity index (χ3v) is 3.98. The van der Waals surface area contributed by atoms with Crippen molar-refractivity contribution >= 4 is 17.5 Å². The Morgan fingerprint density at radius 2 is 1.89 bits per heavy atom. The molecule has 0 aliphatic rings. The highest BCUT2D eigenvalue weighted by atomic mass is 35.5. The van der Waals surface area contributed by atoms with Gasteiger partial charge >= 0.3 is 0 Å². The Bertz CT molecular complexity index is 911. The first-order chi connectivity index (χ1) is 13.1. The summed E-state index contributed by atoms with van der Waals surface area (Å²) < 4.78 is 16.0. The Kier molecular flexibility index (Phi) is 5.93. The van der Waals surface area contributed by atoms with E-state index in [1.54, 1.807) is 56.5 Å². The van der Waals surface area contributed by atoms with E-state index >= 15 is 0 Å². The largest absolute Gasteiger partial charge is 0.493 e. The van der Waals surface area contributed by atoms with Crippen LogP contribution in [0.4, 0.5) is 0 Å². The summed E-state index contributed by atoms with van der Waals surface area (Å²) in [7, 11) is 1.54. The number of nitrogens with one attached hydrogen (secondary N) is 1. The van der Waals surface area contributed by atoms with E-state index in [1.165, 1.54) is 0 Å². The number of nitrogens with zero attached hydrogens (tertiary/aromatic N) is 2. The maximum Gasteiger partial charge on any atom is 0.261 e. The summed E-state index contributed by atoms with van der Waals surface area (Å²) in [4.78, 5) is 16.5. The van der Waals surface area contributed by atoms with Crippen LogP contribution >= 0.6 is 11.6 Å². The molecule has 3 aromatic rings. The highest BCUT2D eigenvalue weighted by Gasteiger charge is 2.17. The van der Waals surface area contributed by atoms with Crippen molar-refractivity contribution in [1.29, 1.82) is 0 Å². The second-order valence-electron chi connectivity index (χ2n) is 5.65. The molecule has 140 valence electrons. The lowest BCUT2D eigenvalue weighted by Crippen LogP contribution is -2.36. The Morgan fingerprint density at radius 3 is 2.59 bits per heavy atom. The lowest BCUT2D eigenvalue weighted by atomic mass is 10.2. The molecule has 1 atom stereocenters. The van der Waals surface area contributed by atoms with Crippen LogP contribution in [0.5, 0.6) is 11.5 Å². The summed E-state index contributed by atoms with van der Waals surface area (Å²) in [5.41, 5.74) is 0.772. The molecule has 3 rings (SSSR count). The minimum atomic E-state index is -0.722. The van der Waals surface area contributed by atoms with E-state index in [0.717, 1.165) is 5.56 Å². The molecule has 0 radical (unpaired) electrons. The van der Waals surface area contributed by atoms with Gasteiger partial charge in [-0.2, -0.15) is 4.98 Å². The van der Waals surface area contributed by atoms with Crippen molar-refractivity contribution in [1.82, 2.24) is 15.5 Å².